The van der Waals surface area contributed by atoms with E-state index in [1.165, 1.54) is 6.42 Å². The minimum atomic E-state index is -0.652. The molecule has 4 nitrogen and oxygen atoms in total. The van der Waals surface area contributed by atoms with E-state index in [0.717, 1.165) is 25.7 Å². The van der Waals surface area contributed by atoms with Gasteiger partial charge in [0.25, 0.3) is 0 Å². The zero-order valence-electron chi connectivity index (χ0n) is 11.6. The summed E-state index contributed by atoms with van der Waals surface area (Å²) in [5.41, 5.74) is -0.406. The number of nitrogens with one attached hydrogen (secondary N) is 2. The number of carbonyl (C=O) groups is 2. The first-order chi connectivity index (χ1) is 8.33. The summed E-state index contributed by atoms with van der Waals surface area (Å²) in [6.07, 6.45) is 4.69. The van der Waals surface area contributed by atoms with Crippen LogP contribution in [0.1, 0.15) is 52.9 Å². The van der Waals surface area contributed by atoms with Crippen LogP contribution in [0.25, 0.3) is 0 Å². The molecule has 2 amide bonds. The monoisotopic (exact) mass is 252 g/mol. The molecule has 1 spiro atoms. The molecule has 2 unspecified atom stereocenters. The van der Waals surface area contributed by atoms with Crippen molar-refractivity contribution in [3.63, 3.8) is 0 Å². The molecule has 0 aromatic heterocycles. The highest BCUT2D eigenvalue weighted by molar-refractivity contribution is 5.97. The largest absolute Gasteiger partial charge is 0.345 e. The topological polar surface area (TPSA) is 58.2 Å². The van der Waals surface area contributed by atoms with Gasteiger partial charge in [0.05, 0.1) is 6.54 Å². The number of piperazine rings is 1. The molecule has 2 atom stereocenters. The Hall–Kier alpha value is -1.06. The molecule has 1 heterocycles. The summed E-state index contributed by atoms with van der Waals surface area (Å²) in [5.74, 6) is 0.552. The lowest BCUT2D eigenvalue weighted by Gasteiger charge is -2.42. The van der Waals surface area contributed by atoms with E-state index in [-0.39, 0.29) is 23.8 Å². The van der Waals surface area contributed by atoms with Gasteiger partial charge in [-0.25, -0.2) is 0 Å². The van der Waals surface area contributed by atoms with Crippen molar-refractivity contribution in [2.45, 2.75) is 58.4 Å². The molecule has 0 radical (unpaired) electrons. The second-order valence-corrected chi connectivity index (χ2v) is 6.83. The van der Waals surface area contributed by atoms with Gasteiger partial charge in [0.2, 0.25) is 11.8 Å². The van der Waals surface area contributed by atoms with Gasteiger partial charge in [-0.05, 0) is 43.4 Å². The Bertz CT molecular complexity index is 365. The van der Waals surface area contributed by atoms with Crippen molar-refractivity contribution < 1.29 is 9.59 Å². The normalized spacial score (nSPS) is 36.5. The maximum absolute atomic E-state index is 12.2. The predicted octanol–water partition coefficient (Wildman–Crippen LogP) is 1.60. The van der Waals surface area contributed by atoms with Crippen LogP contribution in [0.15, 0.2) is 0 Å². The molecular weight excluding hydrogens is 228 g/mol. The highest BCUT2D eigenvalue weighted by Gasteiger charge is 2.44. The molecule has 0 aromatic carbocycles. The molecule has 2 rings (SSSR count). The summed E-state index contributed by atoms with van der Waals surface area (Å²) in [5, 5.41) is 5.69. The maximum atomic E-state index is 12.2. The van der Waals surface area contributed by atoms with Crippen LogP contribution in [0.2, 0.25) is 0 Å². The quantitative estimate of drug-likeness (QED) is 0.688. The summed E-state index contributed by atoms with van der Waals surface area (Å²) in [6.45, 7) is 6.87. The van der Waals surface area contributed by atoms with Crippen molar-refractivity contribution in [2.75, 3.05) is 6.54 Å². The highest BCUT2D eigenvalue weighted by atomic mass is 16.2. The van der Waals surface area contributed by atoms with Crippen molar-refractivity contribution >= 4 is 11.8 Å². The second-order valence-electron chi connectivity index (χ2n) is 6.83. The molecule has 1 aliphatic carbocycles. The van der Waals surface area contributed by atoms with Crippen LogP contribution in [-0.2, 0) is 9.59 Å². The fourth-order valence-electron chi connectivity index (χ4n) is 3.37. The Morgan fingerprint density at radius 2 is 1.89 bits per heavy atom. The summed E-state index contributed by atoms with van der Waals surface area (Å²) >= 11 is 0. The Morgan fingerprint density at radius 1 is 1.17 bits per heavy atom. The Labute approximate surface area is 109 Å². The van der Waals surface area contributed by atoms with Crippen LogP contribution in [-0.4, -0.2) is 23.9 Å². The van der Waals surface area contributed by atoms with Gasteiger partial charge in [-0.15, -0.1) is 0 Å². The van der Waals surface area contributed by atoms with Gasteiger partial charge >= 0.3 is 0 Å². The van der Waals surface area contributed by atoms with Gasteiger partial charge in [0.1, 0.15) is 5.54 Å². The Kier molecular flexibility index (Phi) is 3.39. The van der Waals surface area contributed by atoms with E-state index in [4.69, 9.17) is 0 Å². The SMILES string of the molecule is CC1CCC2(CCC(C)(C)C1)NC(=O)CNC2=O. The lowest BCUT2D eigenvalue weighted by Crippen LogP contribution is -2.66. The lowest BCUT2D eigenvalue weighted by atomic mass is 9.70. The molecule has 2 fully saturated rings. The highest BCUT2D eigenvalue weighted by Crippen LogP contribution is 2.39. The third-order valence-corrected chi connectivity index (χ3v) is 4.42. The number of rotatable bonds is 0. The molecule has 18 heavy (non-hydrogen) atoms. The molecule has 0 aromatic rings. The van der Waals surface area contributed by atoms with Crippen molar-refractivity contribution in [1.82, 2.24) is 10.6 Å². The van der Waals surface area contributed by atoms with Crippen molar-refractivity contribution in [3.8, 4) is 0 Å². The average Bonchev–Trinajstić information content (AvgIpc) is 2.27. The van der Waals surface area contributed by atoms with E-state index in [2.05, 4.69) is 31.4 Å². The van der Waals surface area contributed by atoms with Crippen LogP contribution in [0, 0.1) is 11.3 Å². The average molecular weight is 252 g/mol. The zero-order valence-corrected chi connectivity index (χ0v) is 11.6. The van der Waals surface area contributed by atoms with Gasteiger partial charge in [-0.2, -0.15) is 0 Å². The summed E-state index contributed by atoms with van der Waals surface area (Å²) in [4.78, 5) is 23.8. The van der Waals surface area contributed by atoms with Gasteiger partial charge in [0.15, 0.2) is 0 Å². The zero-order chi connectivity index (χ0) is 13.4. The first kappa shape index (κ1) is 13.4. The maximum Gasteiger partial charge on any atom is 0.246 e. The van der Waals surface area contributed by atoms with E-state index in [9.17, 15) is 9.59 Å². The first-order valence-corrected chi connectivity index (χ1v) is 6.92. The number of amides is 2. The molecule has 0 bridgehead atoms. The standard InChI is InChI=1S/C14H24N2O2/c1-10-4-5-14(7-6-13(2,3)8-10)12(18)15-9-11(17)16-14/h10H,4-9H2,1-3H3,(H,15,18)(H,16,17). The van der Waals surface area contributed by atoms with Crippen LogP contribution in [0.4, 0.5) is 0 Å². The minimum Gasteiger partial charge on any atom is -0.345 e. The van der Waals surface area contributed by atoms with Gasteiger partial charge in [-0.3, -0.25) is 9.59 Å². The summed E-state index contributed by atoms with van der Waals surface area (Å²) in [6, 6.07) is 0. The molecule has 1 saturated heterocycles. The molecule has 1 saturated carbocycles. The lowest BCUT2D eigenvalue weighted by molar-refractivity contribution is -0.140. The molecule has 2 N–H and O–H groups in total. The number of hydrogen-bond donors (Lipinski definition) is 2. The van der Waals surface area contributed by atoms with Crippen molar-refractivity contribution in [3.05, 3.63) is 0 Å². The summed E-state index contributed by atoms with van der Waals surface area (Å²) < 4.78 is 0. The smallest absolute Gasteiger partial charge is 0.246 e. The second kappa shape index (κ2) is 4.56. The van der Waals surface area contributed by atoms with Crippen LogP contribution >= 0.6 is 0 Å². The predicted molar refractivity (Wildman–Crippen MR) is 69.9 cm³/mol. The fraction of sp³-hybridized carbons (Fsp3) is 0.857. The van der Waals surface area contributed by atoms with Crippen molar-refractivity contribution in [1.29, 1.82) is 0 Å². The minimum absolute atomic E-state index is 0.00648. The third kappa shape index (κ3) is 2.68. The van der Waals surface area contributed by atoms with Gasteiger partial charge < -0.3 is 10.6 Å². The van der Waals surface area contributed by atoms with Crippen LogP contribution in [0.5, 0.6) is 0 Å². The number of hydrogen-bond acceptors (Lipinski definition) is 2. The molecular formula is C14H24N2O2. The van der Waals surface area contributed by atoms with E-state index in [1.54, 1.807) is 0 Å². The number of carbonyl (C=O) groups excluding carboxylic acids is 2. The van der Waals surface area contributed by atoms with Crippen LogP contribution < -0.4 is 10.6 Å². The van der Waals surface area contributed by atoms with Gasteiger partial charge in [-0.1, -0.05) is 20.8 Å². The van der Waals surface area contributed by atoms with E-state index < -0.39 is 5.54 Å². The molecule has 2 aliphatic rings. The fourth-order valence-corrected chi connectivity index (χ4v) is 3.37. The Balaban J connectivity index is 2.20. The van der Waals surface area contributed by atoms with E-state index in [1.807, 2.05) is 0 Å². The molecule has 102 valence electrons. The Morgan fingerprint density at radius 3 is 2.61 bits per heavy atom. The molecule has 1 aliphatic heterocycles. The van der Waals surface area contributed by atoms with Crippen molar-refractivity contribution in [2.24, 2.45) is 11.3 Å². The summed E-state index contributed by atoms with van der Waals surface area (Å²) in [7, 11) is 0. The van der Waals surface area contributed by atoms with E-state index >= 15 is 0 Å². The van der Waals surface area contributed by atoms with E-state index in [0.29, 0.717) is 5.92 Å². The molecule has 4 heteroatoms. The van der Waals surface area contributed by atoms with Gasteiger partial charge in [0, 0.05) is 0 Å². The van der Waals surface area contributed by atoms with Crippen LogP contribution in [0.3, 0.4) is 0 Å². The first-order valence-electron chi connectivity index (χ1n) is 6.92. The third-order valence-electron chi connectivity index (χ3n) is 4.42.